The largest absolute Gasteiger partial charge is 0.377 e. The molecule has 11 heteroatoms. The molecule has 0 atom stereocenters. The highest BCUT2D eigenvalue weighted by atomic mass is 32.1. The van der Waals surface area contributed by atoms with Crippen LogP contribution < -0.4 is 5.32 Å². The van der Waals surface area contributed by atoms with Gasteiger partial charge in [0.05, 0.1) is 16.3 Å². The van der Waals surface area contributed by atoms with Gasteiger partial charge in [-0.2, -0.15) is 4.98 Å². The van der Waals surface area contributed by atoms with Gasteiger partial charge in [-0.3, -0.25) is 19.8 Å². The Bertz CT molecular complexity index is 1120. The Balaban J connectivity index is 1.19. The summed E-state index contributed by atoms with van der Waals surface area (Å²) in [6, 6.07) is 8.87. The minimum absolute atomic E-state index is 0.0562. The van der Waals surface area contributed by atoms with Crippen LogP contribution >= 0.6 is 11.3 Å². The van der Waals surface area contributed by atoms with Crippen molar-refractivity contribution in [3.8, 4) is 10.7 Å². The Hall–Kier alpha value is -3.31. The van der Waals surface area contributed by atoms with Crippen LogP contribution in [-0.2, 0) is 6.54 Å². The number of nitro groups is 1. The van der Waals surface area contributed by atoms with Crippen molar-refractivity contribution in [3.63, 3.8) is 0 Å². The fraction of sp³-hybridized carbons (Fsp3) is 0.381. The van der Waals surface area contributed by atoms with Crippen LogP contribution in [0.3, 0.4) is 0 Å². The van der Waals surface area contributed by atoms with Crippen molar-refractivity contribution >= 4 is 28.6 Å². The first kappa shape index (κ1) is 20.6. The quantitative estimate of drug-likeness (QED) is 0.427. The predicted molar refractivity (Wildman–Crippen MR) is 119 cm³/mol. The third kappa shape index (κ3) is 4.48. The summed E-state index contributed by atoms with van der Waals surface area (Å²) in [5.41, 5.74) is 0.753. The molecule has 2 fully saturated rings. The minimum Gasteiger partial charge on any atom is -0.377 e. The molecule has 1 aliphatic carbocycles. The van der Waals surface area contributed by atoms with Crippen molar-refractivity contribution in [2.24, 2.45) is 0 Å². The van der Waals surface area contributed by atoms with Crippen molar-refractivity contribution in [1.82, 2.24) is 19.9 Å². The van der Waals surface area contributed by atoms with E-state index in [-0.39, 0.29) is 11.6 Å². The third-order valence-electron chi connectivity index (χ3n) is 5.61. The van der Waals surface area contributed by atoms with Gasteiger partial charge in [0.2, 0.25) is 11.7 Å². The number of amides is 1. The van der Waals surface area contributed by atoms with E-state index < -0.39 is 4.92 Å². The van der Waals surface area contributed by atoms with Crippen LogP contribution in [0.25, 0.3) is 10.7 Å². The molecule has 2 aromatic heterocycles. The first-order chi connectivity index (χ1) is 15.6. The zero-order chi connectivity index (χ0) is 22.1. The summed E-state index contributed by atoms with van der Waals surface area (Å²) in [5.74, 6) is 0.941. The first-order valence-corrected chi connectivity index (χ1v) is 11.4. The number of benzene rings is 1. The number of anilines is 1. The monoisotopic (exact) mass is 454 g/mol. The third-order valence-corrected chi connectivity index (χ3v) is 6.47. The summed E-state index contributed by atoms with van der Waals surface area (Å²) in [7, 11) is 0. The Kier molecular flexibility index (Phi) is 5.58. The highest BCUT2D eigenvalue weighted by Gasteiger charge is 2.28. The van der Waals surface area contributed by atoms with Crippen LogP contribution in [-0.4, -0.2) is 63.0 Å². The molecular weight excluding hydrogens is 432 g/mol. The van der Waals surface area contributed by atoms with Gasteiger partial charge >= 0.3 is 0 Å². The Morgan fingerprint density at radius 1 is 1.25 bits per heavy atom. The maximum atomic E-state index is 12.9. The Labute approximate surface area is 188 Å². The molecule has 0 unspecified atom stereocenters. The predicted octanol–water partition coefficient (Wildman–Crippen LogP) is 3.24. The van der Waals surface area contributed by atoms with Gasteiger partial charge in [-0.1, -0.05) is 11.2 Å². The molecule has 3 aromatic rings. The second-order valence-electron chi connectivity index (χ2n) is 7.97. The minimum atomic E-state index is -0.436. The smallest absolute Gasteiger partial charge is 0.293 e. The SMILES string of the molecule is O=C(c1ccc(NC2CC2)c([N+](=O)[O-])c1)N1CCN(Cc2nc(-c3cccs3)no2)CC1. The average molecular weight is 455 g/mol. The fourth-order valence-corrected chi connectivity index (χ4v) is 4.34. The molecule has 1 saturated carbocycles. The van der Waals surface area contributed by atoms with E-state index in [2.05, 4.69) is 20.4 Å². The zero-order valence-corrected chi connectivity index (χ0v) is 18.1. The van der Waals surface area contributed by atoms with Gasteiger partial charge in [-0.25, -0.2) is 0 Å². The molecule has 1 aliphatic heterocycles. The van der Waals surface area contributed by atoms with E-state index in [1.54, 1.807) is 28.4 Å². The van der Waals surface area contributed by atoms with E-state index in [0.717, 1.165) is 17.7 Å². The summed E-state index contributed by atoms with van der Waals surface area (Å²) in [4.78, 5) is 33.3. The normalized spacial score (nSPS) is 16.8. The van der Waals surface area contributed by atoms with Gasteiger partial charge in [0.25, 0.3) is 11.6 Å². The molecule has 1 saturated heterocycles. The number of nitrogens with zero attached hydrogens (tertiary/aromatic N) is 5. The highest BCUT2D eigenvalue weighted by Crippen LogP contribution is 2.32. The Morgan fingerprint density at radius 3 is 2.75 bits per heavy atom. The van der Waals surface area contributed by atoms with Crippen LogP contribution in [0.4, 0.5) is 11.4 Å². The molecule has 166 valence electrons. The lowest BCUT2D eigenvalue weighted by Crippen LogP contribution is -2.48. The Morgan fingerprint density at radius 2 is 2.06 bits per heavy atom. The van der Waals surface area contributed by atoms with Crippen molar-refractivity contribution in [2.45, 2.75) is 25.4 Å². The van der Waals surface area contributed by atoms with Crippen LogP contribution in [0.5, 0.6) is 0 Å². The van der Waals surface area contributed by atoms with Gasteiger partial charge in [-0.05, 0) is 36.4 Å². The average Bonchev–Trinajstić information content (AvgIpc) is 3.25. The van der Waals surface area contributed by atoms with Gasteiger partial charge in [0.1, 0.15) is 5.69 Å². The second kappa shape index (κ2) is 8.67. The summed E-state index contributed by atoms with van der Waals surface area (Å²) in [6.07, 6.45) is 2.03. The lowest BCUT2D eigenvalue weighted by atomic mass is 10.1. The van der Waals surface area contributed by atoms with Crippen molar-refractivity contribution in [2.75, 3.05) is 31.5 Å². The molecule has 1 amide bonds. The summed E-state index contributed by atoms with van der Waals surface area (Å²) >= 11 is 1.56. The number of rotatable bonds is 7. The number of hydrogen-bond donors (Lipinski definition) is 1. The van der Waals surface area contributed by atoms with E-state index in [9.17, 15) is 14.9 Å². The number of carbonyl (C=O) groups excluding carboxylic acids is 1. The number of nitrogens with one attached hydrogen (secondary N) is 1. The van der Waals surface area contributed by atoms with E-state index in [4.69, 9.17) is 4.52 Å². The van der Waals surface area contributed by atoms with Gasteiger partial charge in [0, 0.05) is 43.9 Å². The maximum Gasteiger partial charge on any atom is 0.293 e. The van der Waals surface area contributed by atoms with Crippen molar-refractivity contribution in [3.05, 3.63) is 57.3 Å². The van der Waals surface area contributed by atoms with E-state index >= 15 is 0 Å². The summed E-state index contributed by atoms with van der Waals surface area (Å²) < 4.78 is 5.37. The second-order valence-corrected chi connectivity index (χ2v) is 8.91. The lowest BCUT2D eigenvalue weighted by Gasteiger charge is -2.34. The standard InChI is InChI=1S/C21H22N6O4S/c28-21(14-3-6-16(22-15-4-5-15)17(12-14)27(29)30)26-9-7-25(8-10-26)13-19-23-20(24-31-19)18-2-1-11-32-18/h1-3,6,11-12,15,22H,4-5,7-10,13H2. The molecule has 1 N–H and O–H groups in total. The van der Waals surface area contributed by atoms with Gasteiger partial charge in [-0.15, -0.1) is 11.3 Å². The summed E-state index contributed by atoms with van der Waals surface area (Å²) in [6.45, 7) is 2.90. The number of hydrogen-bond acceptors (Lipinski definition) is 9. The van der Waals surface area contributed by atoms with Crippen LogP contribution in [0.15, 0.2) is 40.2 Å². The topological polar surface area (TPSA) is 118 Å². The fourth-order valence-electron chi connectivity index (χ4n) is 3.69. The molecular formula is C21H22N6O4S. The number of aromatic nitrogens is 2. The van der Waals surface area contributed by atoms with Gasteiger partial charge in [0.15, 0.2) is 0 Å². The number of nitro benzene ring substituents is 1. The molecule has 3 heterocycles. The van der Waals surface area contributed by atoms with E-state index in [0.29, 0.717) is 61.7 Å². The lowest BCUT2D eigenvalue weighted by molar-refractivity contribution is -0.384. The van der Waals surface area contributed by atoms with Crippen LogP contribution in [0, 0.1) is 10.1 Å². The molecule has 5 rings (SSSR count). The summed E-state index contributed by atoms with van der Waals surface area (Å²) in [5, 5.41) is 20.6. The van der Waals surface area contributed by atoms with E-state index in [1.807, 2.05) is 17.5 Å². The van der Waals surface area contributed by atoms with E-state index in [1.165, 1.54) is 6.07 Å². The van der Waals surface area contributed by atoms with Crippen LogP contribution in [0.2, 0.25) is 0 Å². The molecule has 2 aliphatic rings. The molecule has 1 aromatic carbocycles. The number of thiophene rings is 1. The van der Waals surface area contributed by atoms with Gasteiger partial charge < -0.3 is 14.7 Å². The molecule has 32 heavy (non-hydrogen) atoms. The maximum absolute atomic E-state index is 12.9. The first-order valence-electron chi connectivity index (χ1n) is 10.5. The number of piperazine rings is 1. The molecule has 0 spiro atoms. The zero-order valence-electron chi connectivity index (χ0n) is 17.3. The van der Waals surface area contributed by atoms with Crippen LogP contribution in [0.1, 0.15) is 29.1 Å². The number of carbonyl (C=O) groups is 1. The van der Waals surface area contributed by atoms with Crippen molar-refractivity contribution in [1.29, 1.82) is 0 Å². The van der Waals surface area contributed by atoms with Crippen molar-refractivity contribution < 1.29 is 14.2 Å². The highest BCUT2D eigenvalue weighted by molar-refractivity contribution is 7.13. The molecule has 0 bridgehead atoms. The molecule has 0 radical (unpaired) electrons. The molecule has 10 nitrogen and oxygen atoms in total.